The molecule has 0 aromatic heterocycles. The maximum absolute atomic E-state index is 12.6. The zero-order chi connectivity index (χ0) is 13.1. The first kappa shape index (κ1) is 13.6. The topological polar surface area (TPSA) is 44.5 Å². The molecule has 17 heavy (non-hydrogen) atoms. The Kier molecular flexibility index (Phi) is 4.22. The second-order valence-electron chi connectivity index (χ2n) is 3.62. The highest BCUT2D eigenvalue weighted by atomic mass is 19.4. The lowest BCUT2D eigenvalue weighted by atomic mass is 10.2. The normalized spacial score (nSPS) is 15.2. The van der Waals surface area contributed by atoms with Crippen LogP contribution in [0.4, 0.5) is 13.2 Å². The fraction of sp³-hybridized carbons (Fsp3) is 0.455. The summed E-state index contributed by atoms with van der Waals surface area (Å²) < 4.78 is 47.6. The Morgan fingerprint density at radius 3 is 2.29 bits per heavy atom. The molecular weight excluding hydrogens is 235 g/mol. The van der Waals surface area contributed by atoms with Crippen LogP contribution in [0.15, 0.2) is 24.3 Å². The largest absolute Gasteiger partial charge is 0.497 e. The second-order valence-corrected chi connectivity index (χ2v) is 3.62. The van der Waals surface area contributed by atoms with Crippen LogP contribution in [0.1, 0.15) is 6.92 Å². The zero-order valence-corrected chi connectivity index (χ0v) is 9.49. The highest BCUT2D eigenvalue weighted by Gasteiger charge is 2.44. The Morgan fingerprint density at radius 1 is 1.24 bits per heavy atom. The maximum atomic E-state index is 12.6. The quantitative estimate of drug-likeness (QED) is 0.890. The minimum absolute atomic E-state index is 0.0731. The predicted molar refractivity (Wildman–Crippen MR) is 57.1 cm³/mol. The lowest BCUT2D eigenvalue weighted by Crippen LogP contribution is -2.47. The van der Waals surface area contributed by atoms with E-state index in [2.05, 4.69) is 0 Å². The van der Waals surface area contributed by atoms with Gasteiger partial charge in [0.05, 0.1) is 7.11 Å². The summed E-state index contributed by atoms with van der Waals surface area (Å²) in [5.74, 6) is 0.497. The molecule has 1 aromatic carbocycles. The van der Waals surface area contributed by atoms with Gasteiger partial charge in [-0.15, -0.1) is 0 Å². The van der Waals surface area contributed by atoms with Crippen molar-refractivity contribution in [2.24, 2.45) is 5.73 Å². The summed E-state index contributed by atoms with van der Waals surface area (Å²) in [6.07, 6.45) is -6.54. The molecule has 2 N–H and O–H groups in total. The first-order valence-corrected chi connectivity index (χ1v) is 4.97. The monoisotopic (exact) mass is 249 g/mol. The maximum Gasteiger partial charge on any atom is 0.426 e. The Labute approximate surface area is 97.3 Å². The van der Waals surface area contributed by atoms with Crippen molar-refractivity contribution in [3.05, 3.63) is 24.3 Å². The van der Waals surface area contributed by atoms with Crippen LogP contribution in [0.25, 0.3) is 0 Å². The van der Waals surface area contributed by atoms with Crippen LogP contribution in [-0.2, 0) is 0 Å². The van der Waals surface area contributed by atoms with Crippen LogP contribution in [-0.4, -0.2) is 25.4 Å². The molecule has 0 heterocycles. The Bertz CT molecular complexity index is 366. The van der Waals surface area contributed by atoms with Crippen molar-refractivity contribution in [3.63, 3.8) is 0 Å². The number of halogens is 3. The highest BCUT2D eigenvalue weighted by molar-refractivity contribution is 5.33. The third-order valence-electron chi connectivity index (χ3n) is 2.10. The van der Waals surface area contributed by atoms with Gasteiger partial charge >= 0.3 is 6.18 Å². The Hall–Kier alpha value is -1.43. The van der Waals surface area contributed by atoms with Gasteiger partial charge in [0.25, 0.3) is 0 Å². The molecule has 1 rings (SSSR count). The first-order chi connectivity index (χ1) is 7.84. The summed E-state index contributed by atoms with van der Waals surface area (Å²) in [6.45, 7) is 1.25. The molecule has 0 saturated carbocycles. The summed E-state index contributed by atoms with van der Waals surface area (Å²) in [7, 11) is 1.42. The van der Waals surface area contributed by atoms with E-state index < -0.39 is 18.3 Å². The second kappa shape index (κ2) is 5.27. The van der Waals surface area contributed by atoms with E-state index in [1.807, 2.05) is 0 Å². The fourth-order valence-electron chi connectivity index (χ4n) is 1.29. The van der Waals surface area contributed by atoms with Crippen molar-refractivity contribution in [1.29, 1.82) is 0 Å². The van der Waals surface area contributed by atoms with Crippen molar-refractivity contribution in [2.45, 2.75) is 25.2 Å². The molecule has 1 aromatic rings. The van der Waals surface area contributed by atoms with E-state index in [0.717, 1.165) is 0 Å². The van der Waals surface area contributed by atoms with Gasteiger partial charge in [-0.1, -0.05) is 6.07 Å². The molecule has 0 aliphatic carbocycles. The van der Waals surface area contributed by atoms with Crippen LogP contribution in [0.2, 0.25) is 0 Å². The average molecular weight is 249 g/mol. The number of methoxy groups -OCH3 is 1. The SMILES string of the molecule is COc1cccc(OC(C(C)N)C(F)(F)F)c1. The number of rotatable bonds is 4. The number of hydrogen-bond donors (Lipinski definition) is 1. The van der Waals surface area contributed by atoms with Crippen LogP contribution in [0, 0.1) is 0 Å². The van der Waals surface area contributed by atoms with Crippen molar-refractivity contribution >= 4 is 0 Å². The van der Waals surface area contributed by atoms with E-state index in [0.29, 0.717) is 5.75 Å². The third-order valence-corrected chi connectivity index (χ3v) is 2.10. The molecule has 2 atom stereocenters. The molecular formula is C11H14F3NO2. The molecule has 3 nitrogen and oxygen atoms in total. The molecule has 6 heteroatoms. The van der Waals surface area contributed by atoms with Crippen molar-refractivity contribution in [3.8, 4) is 11.5 Å². The molecule has 0 aliphatic rings. The van der Waals surface area contributed by atoms with Crippen molar-refractivity contribution < 1.29 is 22.6 Å². The van der Waals surface area contributed by atoms with Gasteiger partial charge in [0, 0.05) is 12.1 Å². The molecule has 0 fully saturated rings. The predicted octanol–water partition coefficient (Wildman–Crippen LogP) is 2.35. The van der Waals surface area contributed by atoms with E-state index in [-0.39, 0.29) is 5.75 Å². The van der Waals surface area contributed by atoms with Gasteiger partial charge in [-0.3, -0.25) is 0 Å². The molecule has 2 unspecified atom stereocenters. The summed E-state index contributed by atoms with van der Waals surface area (Å²) in [6, 6.07) is 4.80. The Balaban J connectivity index is 2.86. The average Bonchev–Trinajstić information content (AvgIpc) is 2.24. The van der Waals surface area contributed by atoms with Crippen molar-refractivity contribution in [2.75, 3.05) is 7.11 Å². The van der Waals surface area contributed by atoms with E-state index >= 15 is 0 Å². The van der Waals surface area contributed by atoms with Gasteiger partial charge in [0.15, 0.2) is 0 Å². The summed E-state index contributed by atoms with van der Waals surface area (Å²) in [5.41, 5.74) is 5.26. The van der Waals surface area contributed by atoms with Crippen LogP contribution in [0.3, 0.4) is 0 Å². The lowest BCUT2D eigenvalue weighted by Gasteiger charge is -2.24. The lowest BCUT2D eigenvalue weighted by molar-refractivity contribution is -0.199. The molecule has 96 valence electrons. The van der Waals surface area contributed by atoms with Gasteiger partial charge in [0.2, 0.25) is 6.10 Å². The van der Waals surface area contributed by atoms with Crippen LogP contribution < -0.4 is 15.2 Å². The third kappa shape index (κ3) is 3.81. The molecule has 0 spiro atoms. The van der Waals surface area contributed by atoms with Gasteiger partial charge in [-0.2, -0.15) is 13.2 Å². The number of benzene rings is 1. The number of hydrogen-bond acceptors (Lipinski definition) is 3. The van der Waals surface area contributed by atoms with Gasteiger partial charge in [-0.25, -0.2) is 0 Å². The summed E-state index contributed by atoms with van der Waals surface area (Å²) in [4.78, 5) is 0. The van der Waals surface area contributed by atoms with Crippen LogP contribution >= 0.6 is 0 Å². The highest BCUT2D eigenvalue weighted by Crippen LogP contribution is 2.28. The van der Waals surface area contributed by atoms with Gasteiger partial charge in [-0.05, 0) is 19.1 Å². The standard InChI is InChI=1S/C11H14F3NO2/c1-7(15)10(11(12,13)14)17-9-5-3-4-8(6-9)16-2/h3-7,10H,15H2,1-2H3. The summed E-state index contributed by atoms with van der Waals surface area (Å²) in [5, 5.41) is 0. The molecule has 0 bridgehead atoms. The molecule has 0 saturated heterocycles. The minimum atomic E-state index is -4.50. The number of alkyl halides is 3. The number of nitrogens with two attached hydrogens (primary N) is 1. The van der Waals surface area contributed by atoms with Crippen molar-refractivity contribution in [1.82, 2.24) is 0 Å². The zero-order valence-electron chi connectivity index (χ0n) is 9.49. The Morgan fingerprint density at radius 2 is 1.82 bits per heavy atom. The van der Waals surface area contributed by atoms with Gasteiger partial charge < -0.3 is 15.2 Å². The fourth-order valence-corrected chi connectivity index (χ4v) is 1.29. The summed E-state index contributed by atoms with van der Waals surface area (Å²) >= 11 is 0. The molecule has 0 aliphatic heterocycles. The first-order valence-electron chi connectivity index (χ1n) is 4.97. The smallest absolute Gasteiger partial charge is 0.426 e. The van der Waals surface area contributed by atoms with E-state index in [9.17, 15) is 13.2 Å². The number of ether oxygens (including phenoxy) is 2. The minimum Gasteiger partial charge on any atom is -0.497 e. The van der Waals surface area contributed by atoms with Gasteiger partial charge in [0.1, 0.15) is 11.5 Å². The molecule has 0 amide bonds. The van der Waals surface area contributed by atoms with E-state index in [4.69, 9.17) is 15.2 Å². The molecule has 0 radical (unpaired) electrons. The van der Waals surface area contributed by atoms with E-state index in [1.165, 1.54) is 26.2 Å². The van der Waals surface area contributed by atoms with E-state index in [1.54, 1.807) is 12.1 Å². The van der Waals surface area contributed by atoms with Crippen LogP contribution in [0.5, 0.6) is 11.5 Å².